The van der Waals surface area contributed by atoms with Gasteiger partial charge in [0, 0.05) is 38.4 Å². The molecule has 0 amide bonds. The van der Waals surface area contributed by atoms with E-state index in [1.165, 1.54) is 6.92 Å². The number of fused-ring (bicyclic) bond motifs is 5. The fourth-order valence-electron chi connectivity index (χ4n) is 10.3. The quantitative estimate of drug-likeness (QED) is 0.270. The van der Waals surface area contributed by atoms with Crippen molar-refractivity contribution in [3.05, 3.63) is 11.6 Å². The maximum atomic E-state index is 13.1. The Morgan fingerprint density at radius 2 is 1.86 bits per heavy atom. The van der Waals surface area contributed by atoms with Gasteiger partial charge in [0.2, 0.25) is 0 Å². The first-order valence-corrected chi connectivity index (χ1v) is 15.7. The summed E-state index contributed by atoms with van der Waals surface area (Å²) in [6.07, 6.45) is 6.06. The summed E-state index contributed by atoms with van der Waals surface area (Å²) in [5.74, 6) is -0.871. The third-order valence-corrected chi connectivity index (χ3v) is 12.4. The van der Waals surface area contributed by atoms with E-state index in [0.29, 0.717) is 51.6 Å². The molecule has 234 valence electrons. The standard InChI is InChI=1S/C32H46O10/c1-18-28(41-19(2)34)25(38-4)14-27(40-18)42-21-5-10-30(17-33)23-6-9-29(3)22(20-13-26(35)39-16-20)8-12-32(29,37)24(23)7-11-31(30,36)15-21/h13,17-18,21-25,27-28,36-37H,5-12,14-16H2,1-4H3/t18-,21+,22-,23+,24-,25-,27+,28+,29-,30+,31+,32+/m1/s1. The molecule has 6 rings (SSSR count). The third kappa shape index (κ3) is 4.42. The fourth-order valence-corrected chi connectivity index (χ4v) is 10.3. The van der Waals surface area contributed by atoms with Crippen LogP contribution >= 0.6 is 0 Å². The van der Waals surface area contributed by atoms with E-state index in [1.807, 2.05) is 6.92 Å². The Morgan fingerprint density at radius 1 is 1.10 bits per heavy atom. The Bertz CT molecular complexity index is 1140. The van der Waals surface area contributed by atoms with E-state index in [0.717, 1.165) is 31.1 Å². The van der Waals surface area contributed by atoms with Crippen LogP contribution in [0.5, 0.6) is 0 Å². The lowest BCUT2D eigenvalue weighted by Crippen LogP contribution is -2.69. The van der Waals surface area contributed by atoms with Crippen molar-refractivity contribution < 1.29 is 48.3 Å². The van der Waals surface area contributed by atoms with E-state index in [2.05, 4.69) is 6.92 Å². The third-order valence-electron chi connectivity index (χ3n) is 12.4. The summed E-state index contributed by atoms with van der Waals surface area (Å²) in [4.78, 5) is 36.5. The van der Waals surface area contributed by atoms with Crippen LogP contribution < -0.4 is 0 Å². The number of aldehydes is 1. The van der Waals surface area contributed by atoms with E-state index in [9.17, 15) is 24.6 Å². The summed E-state index contributed by atoms with van der Waals surface area (Å²) in [6.45, 7) is 5.63. The van der Waals surface area contributed by atoms with Gasteiger partial charge in [0.1, 0.15) is 19.0 Å². The fraction of sp³-hybridized carbons (Fsp3) is 0.844. The summed E-state index contributed by atoms with van der Waals surface area (Å²) in [5.41, 5.74) is -2.60. The lowest BCUT2D eigenvalue weighted by molar-refractivity contribution is -0.289. The first kappa shape index (κ1) is 30.2. The van der Waals surface area contributed by atoms with Gasteiger partial charge >= 0.3 is 11.9 Å². The van der Waals surface area contributed by atoms with Crippen molar-refractivity contribution in [2.45, 2.75) is 127 Å². The van der Waals surface area contributed by atoms with Gasteiger partial charge in [-0.3, -0.25) is 4.79 Å². The van der Waals surface area contributed by atoms with Gasteiger partial charge < -0.3 is 38.7 Å². The van der Waals surface area contributed by atoms with Gasteiger partial charge in [-0.2, -0.15) is 0 Å². The van der Waals surface area contributed by atoms with Crippen molar-refractivity contribution in [1.29, 1.82) is 0 Å². The monoisotopic (exact) mass is 590 g/mol. The second-order valence-corrected chi connectivity index (χ2v) is 14.1. The molecule has 1 saturated heterocycles. The van der Waals surface area contributed by atoms with Crippen LogP contribution in [-0.4, -0.2) is 84.1 Å². The second kappa shape index (κ2) is 10.6. The van der Waals surface area contributed by atoms with E-state index in [4.69, 9.17) is 23.7 Å². The zero-order chi connectivity index (χ0) is 30.1. The van der Waals surface area contributed by atoms with Gasteiger partial charge in [-0.1, -0.05) is 6.92 Å². The van der Waals surface area contributed by atoms with Gasteiger partial charge in [0.25, 0.3) is 0 Å². The molecule has 0 radical (unpaired) electrons. The number of methoxy groups -OCH3 is 1. The van der Waals surface area contributed by atoms with E-state index in [1.54, 1.807) is 13.2 Å². The van der Waals surface area contributed by atoms with Crippen molar-refractivity contribution in [2.75, 3.05) is 13.7 Å². The minimum absolute atomic E-state index is 0.0706. The van der Waals surface area contributed by atoms with Gasteiger partial charge in [-0.05, 0) is 81.6 Å². The number of cyclic esters (lactones) is 1. The summed E-state index contributed by atoms with van der Waals surface area (Å²) < 4.78 is 28.7. The number of esters is 2. The topological polar surface area (TPSA) is 138 Å². The molecule has 0 aromatic heterocycles. The number of rotatable bonds is 6. The van der Waals surface area contributed by atoms with Crippen molar-refractivity contribution >= 4 is 18.2 Å². The molecule has 0 unspecified atom stereocenters. The number of hydrogen-bond acceptors (Lipinski definition) is 10. The molecular formula is C32H46O10. The van der Waals surface area contributed by atoms with Crippen LogP contribution in [0.3, 0.4) is 0 Å². The molecule has 0 spiro atoms. The van der Waals surface area contributed by atoms with Crippen LogP contribution in [0.2, 0.25) is 0 Å². The highest BCUT2D eigenvalue weighted by Crippen LogP contribution is 2.70. The molecule has 10 nitrogen and oxygen atoms in total. The summed E-state index contributed by atoms with van der Waals surface area (Å²) in [6, 6.07) is 0. The summed E-state index contributed by atoms with van der Waals surface area (Å²) in [7, 11) is 1.57. The van der Waals surface area contributed by atoms with Crippen LogP contribution in [0.1, 0.15) is 85.0 Å². The minimum atomic E-state index is -1.24. The molecule has 2 N–H and O–H groups in total. The van der Waals surface area contributed by atoms with Gasteiger partial charge in [-0.15, -0.1) is 0 Å². The van der Waals surface area contributed by atoms with Crippen molar-refractivity contribution in [2.24, 2.45) is 28.6 Å². The van der Waals surface area contributed by atoms with Crippen molar-refractivity contribution in [3.63, 3.8) is 0 Å². The van der Waals surface area contributed by atoms with Crippen LogP contribution in [0.15, 0.2) is 11.6 Å². The van der Waals surface area contributed by atoms with E-state index >= 15 is 0 Å². The second-order valence-electron chi connectivity index (χ2n) is 14.1. The van der Waals surface area contributed by atoms with Crippen LogP contribution in [0.4, 0.5) is 0 Å². The summed E-state index contributed by atoms with van der Waals surface area (Å²) in [5, 5.41) is 24.7. The summed E-state index contributed by atoms with van der Waals surface area (Å²) >= 11 is 0. The molecule has 0 aromatic carbocycles. The molecule has 4 saturated carbocycles. The number of hydrogen-bond donors (Lipinski definition) is 2. The highest BCUT2D eigenvalue weighted by molar-refractivity contribution is 5.85. The minimum Gasteiger partial charge on any atom is -0.458 e. The molecule has 0 aromatic rings. The van der Waals surface area contributed by atoms with Gasteiger partial charge in [0.05, 0.1) is 28.8 Å². The average Bonchev–Trinajstić information content (AvgIpc) is 3.48. The number of aliphatic hydroxyl groups is 2. The highest BCUT2D eigenvalue weighted by Gasteiger charge is 2.71. The number of ether oxygens (including phenoxy) is 5. The Kier molecular flexibility index (Phi) is 7.65. The molecule has 12 atom stereocenters. The largest absolute Gasteiger partial charge is 0.458 e. The number of carbonyl (C=O) groups excluding carboxylic acids is 3. The average molecular weight is 591 g/mol. The molecule has 2 aliphatic heterocycles. The first-order chi connectivity index (χ1) is 19.9. The van der Waals surface area contributed by atoms with Gasteiger partial charge in [-0.25, -0.2) is 4.79 Å². The predicted molar refractivity (Wildman–Crippen MR) is 148 cm³/mol. The van der Waals surface area contributed by atoms with Crippen LogP contribution in [-0.2, 0) is 38.1 Å². The smallest absolute Gasteiger partial charge is 0.331 e. The molecule has 4 aliphatic carbocycles. The molecule has 6 aliphatic rings. The Hall–Kier alpha value is -1.85. The van der Waals surface area contributed by atoms with Crippen LogP contribution in [0, 0.1) is 28.6 Å². The maximum absolute atomic E-state index is 13.1. The highest BCUT2D eigenvalue weighted by atomic mass is 16.7. The maximum Gasteiger partial charge on any atom is 0.331 e. The number of carbonyl (C=O) groups is 3. The van der Waals surface area contributed by atoms with Crippen LogP contribution in [0.25, 0.3) is 0 Å². The SMILES string of the molecule is CO[C@@H]1C[C@H](O[C@H]2CC[C@]3(C=O)[C@H]4CC[C@]5(C)[C@@H](C6=CC(=O)OC6)CC[C@]5(O)[C@@H]4CC[C@]3(O)C2)O[C@H](C)[C@@H]1OC(C)=O. The lowest BCUT2D eigenvalue weighted by Gasteiger charge is -2.65. The molecule has 10 heteroatoms. The van der Waals surface area contributed by atoms with Crippen molar-refractivity contribution in [3.8, 4) is 0 Å². The lowest BCUT2D eigenvalue weighted by atomic mass is 9.41. The van der Waals surface area contributed by atoms with Gasteiger partial charge in [0.15, 0.2) is 12.4 Å². The molecular weight excluding hydrogens is 544 g/mol. The molecule has 0 bridgehead atoms. The predicted octanol–water partition coefficient (Wildman–Crippen LogP) is 3.00. The Morgan fingerprint density at radius 3 is 2.52 bits per heavy atom. The molecule has 5 fully saturated rings. The van der Waals surface area contributed by atoms with E-state index in [-0.39, 0.29) is 35.9 Å². The molecule has 42 heavy (non-hydrogen) atoms. The normalized spacial score (nSPS) is 50.1. The first-order valence-electron chi connectivity index (χ1n) is 15.7. The Labute approximate surface area is 247 Å². The van der Waals surface area contributed by atoms with E-state index < -0.39 is 46.5 Å². The zero-order valence-corrected chi connectivity index (χ0v) is 25.2. The zero-order valence-electron chi connectivity index (χ0n) is 25.2. The Balaban J connectivity index is 1.18. The molecule has 2 heterocycles. The van der Waals surface area contributed by atoms with Crippen molar-refractivity contribution in [1.82, 2.24) is 0 Å².